The highest BCUT2D eigenvalue weighted by molar-refractivity contribution is 5.80. The van der Waals surface area contributed by atoms with Gasteiger partial charge in [0.2, 0.25) is 0 Å². The van der Waals surface area contributed by atoms with E-state index in [9.17, 15) is 9.18 Å². The SMILES string of the molecule is C/C(=C\C(=O)O)CN[C@H](C)c1ccc(F)cc1. The van der Waals surface area contributed by atoms with Gasteiger partial charge in [-0.2, -0.15) is 0 Å². The predicted octanol–water partition coefficient (Wildman–Crippen LogP) is 2.51. The third-order valence-electron chi connectivity index (χ3n) is 2.43. The second-order valence-electron chi connectivity index (χ2n) is 3.98. The van der Waals surface area contributed by atoms with Crippen molar-refractivity contribution < 1.29 is 14.3 Å². The van der Waals surface area contributed by atoms with Gasteiger partial charge in [0.05, 0.1) is 0 Å². The molecule has 3 nitrogen and oxygen atoms in total. The Morgan fingerprint density at radius 1 is 1.47 bits per heavy atom. The molecule has 0 aliphatic rings. The molecule has 0 saturated heterocycles. The van der Waals surface area contributed by atoms with Gasteiger partial charge in [0.15, 0.2) is 0 Å². The van der Waals surface area contributed by atoms with Crippen LogP contribution in [0.2, 0.25) is 0 Å². The molecule has 2 N–H and O–H groups in total. The Labute approximate surface area is 100.0 Å². The number of hydrogen-bond donors (Lipinski definition) is 2. The average molecular weight is 237 g/mol. The summed E-state index contributed by atoms with van der Waals surface area (Å²) >= 11 is 0. The van der Waals surface area contributed by atoms with Crippen LogP contribution in [0, 0.1) is 5.82 Å². The van der Waals surface area contributed by atoms with E-state index >= 15 is 0 Å². The number of nitrogens with one attached hydrogen (secondary N) is 1. The molecule has 0 bridgehead atoms. The van der Waals surface area contributed by atoms with Gasteiger partial charge in [-0.3, -0.25) is 0 Å². The zero-order chi connectivity index (χ0) is 12.8. The fourth-order valence-electron chi connectivity index (χ4n) is 1.45. The summed E-state index contributed by atoms with van der Waals surface area (Å²) in [5.74, 6) is -1.21. The van der Waals surface area contributed by atoms with Crippen LogP contribution in [0.5, 0.6) is 0 Å². The van der Waals surface area contributed by atoms with Gasteiger partial charge >= 0.3 is 5.97 Å². The molecule has 1 aromatic rings. The van der Waals surface area contributed by atoms with Gasteiger partial charge in [-0.15, -0.1) is 0 Å². The van der Waals surface area contributed by atoms with Crippen LogP contribution in [0.1, 0.15) is 25.5 Å². The van der Waals surface area contributed by atoms with Crippen molar-refractivity contribution in [3.8, 4) is 0 Å². The minimum Gasteiger partial charge on any atom is -0.478 e. The number of carboxylic acids is 1. The smallest absolute Gasteiger partial charge is 0.328 e. The molecule has 17 heavy (non-hydrogen) atoms. The van der Waals surface area contributed by atoms with Gasteiger partial charge in [0.1, 0.15) is 5.82 Å². The molecule has 0 aliphatic heterocycles. The van der Waals surface area contributed by atoms with Crippen LogP contribution in [0.25, 0.3) is 0 Å². The van der Waals surface area contributed by atoms with E-state index in [-0.39, 0.29) is 11.9 Å². The molecular formula is C13H16FNO2. The number of carbonyl (C=O) groups is 1. The van der Waals surface area contributed by atoms with Crippen molar-refractivity contribution in [1.82, 2.24) is 5.32 Å². The molecule has 0 aliphatic carbocycles. The first-order chi connectivity index (χ1) is 7.99. The van der Waals surface area contributed by atoms with Crippen LogP contribution < -0.4 is 5.32 Å². The largest absolute Gasteiger partial charge is 0.478 e. The molecule has 0 saturated carbocycles. The Hall–Kier alpha value is -1.68. The molecule has 4 heteroatoms. The van der Waals surface area contributed by atoms with Crippen LogP contribution >= 0.6 is 0 Å². The van der Waals surface area contributed by atoms with Gasteiger partial charge in [-0.1, -0.05) is 17.7 Å². The summed E-state index contributed by atoms with van der Waals surface area (Å²) in [6.45, 7) is 4.19. The van der Waals surface area contributed by atoms with Crippen molar-refractivity contribution in [2.24, 2.45) is 0 Å². The minimum atomic E-state index is -0.946. The standard InChI is InChI=1S/C13H16FNO2/c1-9(7-13(16)17)8-15-10(2)11-3-5-12(14)6-4-11/h3-7,10,15H,8H2,1-2H3,(H,16,17)/b9-7+/t10-/m1/s1. The third-order valence-corrected chi connectivity index (χ3v) is 2.43. The van der Waals surface area contributed by atoms with E-state index in [0.717, 1.165) is 11.1 Å². The van der Waals surface area contributed by atoms with Gasteiger partial charge in [0.25, 0.3) is 0 Å². The first-order valence-corrected chi connectivity index (χ1v) is 5.38. The lowest BCUT2D eigenvalue weighted by atomic mass is 10.1. The quantitative estimate of drug-likeness (QED) is 0.773. The van der Waals surface area contributed by atoms with Crippen molar-refractivity contribution in [1.29, 1.82) is 0 Å². The van der Waals surface area contributed by atoms with Gasteiger partial charge in [-0.25, -0.2) is 9.18 Å². The van der Waals surface area contributed by atoms with Crippen LogP contribution in [-0.2, 0) is 4.79 Å². The second-order valence-corrected chi connectivity index (χ2v) is 3.98. The normalized spacial score (nSPS) is 13.5. The molecule has 0 fully saturated rings. The summed E-state index contributed by atoms with van der Waals surface area (Å²) in [6, 6.07) is 6.29. The molecule has 0 unspecified atom stereocenters. The Kier molecular flexibility index (Phi) is 4.84. The van der Waals surface area contributed by atoms with Gasteiger partial charge in [-0.05, 0) is 31.5 Å². The Morgan fingerprint density at radius 2 is 2.06 bits per heavy atom. The van der Waals surface area contributed by atoms with Gasteiger partial charge < -0.3 is 10.4 Å². The van der Waals surface area contributed by atoms with E-state index in [1.807, 2.05) is 6.92 Å². The van der Waals surface area contributed by atoms with E-state index in [0.29, 0.717) is 6.54 Å². The molecule has 0 aromatic heterocycles. The number of aliphatic carboxylic acids is 1. The third kappa shape index (κ3) is 4.78. The van der Waals surface area contributed by atoms with E-state index in [1.165, 1.54) is 18.2 Å². The molecule has 0 spiro atoms. The molecule has 1 rings (SSSR count). The maximum Gasteiger partial charge on any atom is 0.328 e. The molecule has 0 heterocycles. The van der Waals surface area contributed by atoms with Crippen LogP contribution in [0.4, 0.5) is 4.39 Å². The average Bonchev–Trinajstić information content (AvgIpc) is 2.26. The number of benzene rings is 1. The first kappa shape index (κ1) is 13.4. The highest BCUT2D eigenvalue weighted by atomic mass is 19.1. The summed E-state index contributed by atoms with van der Waals surface area (Å²) in [5.41, 5.74) is 1.71. The Bertz CT molecular complexity index is 412. The van der Waals surface area contributed by atoms with Crippen molar-refractivity contribution in [3.05, 3.63) is 47.3 Å². The summed E-state index contributed by atoms with van der Waals surface area (Å²) in [7, 11) is 0. The number of carboxylic acid groups (broad SMARTS) is 1. The lowest BCUT2D eigenvalue weighted by Crippen LogP contribution is -2.20. The van der Waals surface area contributed by atoms with Crippen molar-refractivity contribution in [2.45, 2.75) is 19.9 Å². The fourth-order valence-corrected chi connectivity index (χ4v) is 1.45. The van der Waals surface area contributed by atoms with Crippen LogP contribution in [0.15, 0.2) is 35.9 Å². The monoisotopic (exact) mass is 237 g/mol. The predicted molar refractivity (Wildman–Crippen MR) is 64.2 cm³/mol. The topological polar surface area (TPSA) is 49.3 Å². The summed E-state index contributed by atoms with van der Waals surface area (Å²) in [6.07, 6.45) is 1.17. The number of halogens is 1. The highest BCUT2D eigenvalue weighted by Crippen LogP contribution is 2.12. The van der Waals surface area contributed by atoms with Gasteiger partial charge in [0, 0.05) is 18.7 Å². The van der Waals surface area contributed by atoms with E-state index in [1.54, 1.807) is 19.1 Å². The molecule has 0 radical (unpaired) electrons. The molecule has 92 valence electrons. The molecule has 1 atom stereocenters. The Balaban J connectivity index is 2.52. The zero-order valence-electron chi connectivity index (χ0n) is 9.90. The molecular weight excluding hydrogens is 221 g/mol. The summed E-state index contributed by atoms with van der Waals surface area (Å²) < 4.78 is 12.7. The maximum atomic E-state index is 12.7. The van der Waals surface area contributed by atoms with Crippen LogP contribution in [-0.4, -0.2) is 17.6 Å². The molecule has 1 aromatic carbocycles. The van der Waals surface area contributed by atoms with E-state index < -0.39 is 5.97 Å². The second kappa shape index (κ2) is 6.15. The summed E-state index contributed by atoms with van der Waals surface area (Å²) in [4.78, 5) is 10.4. The number of rotatable bonds is 5. The maximum absolute atomic E-state index is 12.7. The van der Waals surface area contributed by atoms with Crippen LogP contribution in [0.3, 0.4) is 0 Å². The fraction of sp³-hybridized carbons (Fsp3) is 0.308. The van der Waals surface area contributed by atoms with E-state index in [4.69, 9.17) is 5.11 Å². The zero-order valence-corrected chi connectivity index (χ0v) is 9.90. The lowest BCUT2D eigenvalue weighted by molar-refractivity contribution is -0.131. The Morgan fingerprint density at radius 3 is 2.59 bits per heavy atom. The van der Waals surface area contributed by atoms with Crippen molar-refractivity contribution >= 4 is 5.97 Å². The molecule has 0 amide bonds. The first-order valence-electron chi connectivity index (χ1n) is 5.38. The number of hydrogen-bond acceptors (Lipinski definition) is 2. The van der Waals surface area contributed by atoms with Crippen molar-refractivity contribution in [3.63, 3.8) is 0 Å². The summed E-state index contributed by atoms with van der Waals surface area (Å²) in [5, 5.41) is 11.7. The minimum absolute atomic E-state index is 0.0488. The lowest BCUT2D eigenvalue weighted by Gasteiger charge is -2.14. The van der Waals surface area contributed by atoms with Crippen molar-refractivity contribution in [2.75, 3.05) is 6.54 Å². The van der Waals surface area contributed by atoms with E-state index in [2.05, 4.69) is 5.32 Å². The highest BCUT2D eigenvalue weighted by Gasteiger charge is 2.04.